The molecule has 2 aromatic rings. The second-order valence-corrected chi connectivity index (χ2v) is 5.61. The molecule has 1 heterocycles. The Bertz CT molecular complexity index is 627. The molecule has 1 aromatic carbocycles. The number of nitro groups is 1. The maximum absolute atomic E-state index is 11.1. The standard InChI is InChI=1S/C11H10Br2N4O2/c1-7-4-9(13)11(10(5-7)17(18)19)16-6-8(2-3-12)14-15-16/h4-6H,2-3H2,1H3. The van der Waals surface area contributed by atoms with Crippen molar-refractivity contribution in [2.24, 2.45) is 0 Å². The lowest BCUT2D eigenvalue weighted by atomic mass is 10.2. The van der Waals surface area contributed by atoms with E-state index in [2.05, 4.69) is 42.2 Å². The van der Waals surface area contributed by atoms with Gasteiger partial charge < -0.3 is 0 Å². The fourth-order valence-electron chi connectivity index (χ4n) is 1.70. The summed E-state index contributed by atoms with van der Waals surface area (Å²) in [6.07, 6.45) is 2.42. The summed E-state index contributed by atoms with van der Waals surface area (Å²) >= 11 is 6.67. The van der Waals surface area contributed by atoms with Crippen LogP contribution in [0.5, 0.6) is 0 Å². The maximum Gasteiger partial charge on any atom is 0.296 e. The molecule has 0 aliphatic rings. The monoisotopic (exact) mass is 388 g/mol. The van der Waals surface area contributed by atoms with Gasteiger partial charge >= 0.3 is 0 Å². The number of halogens is 2. The minimum atomic E-state index is -0.418. The molecule has 2 rings (SSSR count). The van der Waals surface area contributed by atoms with Crippen molar-refractivity contribution < 1.29 is 4.92 Å². The molecule has 8 heteroatoms. The number of aromatic nitrogens is 3. The van der Waals surface area contributed by atoms with Gasteiger partial charge in [0, 0.05) is 17.8 Å². The minimum Gasteiger partial charge on any atom is -0.258 e. The molecular formula is C11H10Br2N4O2. The van der Waals surface area contributed by atoms with E-state index in [1.54, 1.807) is 13.1 Å². The number of rotatable bonds is 4. The van der Waals surface area contributed by atoms with Crippen molar-refractivity contribution in [2.45, 2.75) is 13.3 Å². The molecule has 1 aromatic heterocycles. The summed E-state index contributed by atoms with van der Waals surface area (Å²) in [5.41, 5.74) is 1.98. The van der Waals surface area contributed by atoms with Gasteiger partial charge in [-0.3, -0.25) is 10.1 Å². The molecule has 0 fully saturated rings. The zero-order chi connectivity index (χ0) is 14.0. The van der Waals surface area contributed by atoms with Crippen LogP contribution >= 0.6 is 31.9 Å². The normalized spacial score (nSPS) is 10.7. The molecule has 0 amide bonds. The number of alkyl halides is 1. The average Bonchev–Trinajstić information content (AvgIpc) is 2.76. The van der Waals surface area contributed by atoms with Gasteiger partial charge in [0.25, 0.3) is 5.69 Å². The first-order valence-electron chi connectivity index (χ1n) is 5.45. The Kier molecular flexibility index (Phi) is 4.31. The van der Waals surface area contributed by atoms with Crippen LogP contribution in [-0.2, 0) is 6.42 Å². The van der Waals surface area contributed by atoms with Crippen molar-refractivity contribution in [1.29, 1.82) is 0 Å². The molecule has 0 spiro atoms. The van der Waals surface area contributed by atoms with Gasteiger partial charge in [-0.25, -0.2) is 4.68 Å². The summed E-state index contributed by atoms with van der Waals surface area (Å²) in [7, 11) is 0. The van der Waals surface area contributed by atoms with Gasteiger partial charge in [-0.1, -0.05) is 21.1 Å². The van der Waals surface area contributed by atoms with Crippen LogP contribution in [0.25, 0.3) is 5.69 Å². The Hall–Kier alpha value is -1.28. The largest absolute Gasteiger partial charge is 0.296 e. The van der Waals surface area contributed by atoms with Crippen LogP contribution in [0.3, 0.4) is 0 Å². The Morgan fingerprint density at radius 3 is 2.84 bits per heavy atom. The summed E-state index contributed by atoms with van der Waals surface area (Å²) < 4.78 is 2.05. The molecule has 0 aliphatic heterocycles. The Labute approximate surface area is 126 Å². The van der Waals surface area contributed by atoms with Gasteiger partial charge in [-0.05, 0) is 34.5 Å². The van der Waals surface area contributed by atoms with Gasteiger partial charge in [0.15, 0.2) is 5.69 Å². The van der Waals surface area contributed by atoms with E-state index in [1.807, 2.05) is 6.07 Å². The van der Waals surface area contributed by atoms with Crippen molar-refractivity contribution in [2.75, 3.05) is 5.33 Å². The van der Waals surface area contributed by atoms with Crippen LogP contribution in [0.1, 0.15) is 11.3 Å². The summed E-state index contributed by atoms with van der Waals surface area (Å²) in [6.45, 7) is 1.80. The zero-order valence-corrected chi connectivity index (χ0v) is 13.2. The van der Waals surface area contributed by atoms with Crippen molar-refractivity contribution in [1.82, 2.24) is 15.0 Å². The van der Waals surface area contributed by atoms with E-state index < -0.39 is 4.92 Å². The van der Waals surface area contributed by atoms with E-state index in [1.165, 1.54) is 10.7 Å². The summed E-state index contributed by atoms with van der Waals surface area (Å²) in [5.74, 6) is 0. The lowest BCUT2D eigenvalue weighted by molar-refractivity contribution is -0.384. The van der Waals surface area contributed by atoms with E-state index in [4.69, 9.17) is 0 Å². The van der Waals surface area contributed by atoms with Crippen LogP contribution < -0.4 is 0 Å². The van der Waals surface area contributed by atoms with Gasteiger partial charge in [0.1, 0.15) is 0 Å². The Morgan fingerprint density at radius 2 is 2.21 bits per heavy atom. The number of hydrogen-bond donors (Lipinski definition) is 0. The topological polar surface area (TPSA) is 73.8 Å². The highest BCUT2D eigenvalue weighted by Crippen LogP contribution is 2.31. The Morgan fingerprint density at radius 1 is 1.47 bits per heavy atom. The Balaban J connectivity index is 2.56. The van der Waals surface area contributed by atoms with Gasteiger partial charge in [0.2, 0.25) is 0 Å². The summed E-state index contributed by atoms with van der Waals surface area (Å²) in [4.78, 5) is 10.7. The van der Waals surface area contributed by atoms with E-state index in [-0.39, 0.29) is 5.69 Å². The molecule has 0 saturated carbocycles. The zero-order valence-electron chi connectivity index (χ0n) is 10.0. The van der Waals surface area contributed by atoms with E-state index >= 15 is 0 Å². The van der Waals surface area contributed by atoms with Crippen LogP contribution in [-0.4, -0.2) is 25.2 Å². The number of aryl methyl sites for hydroxylation is 2. The molecule has 0 unspecified atom stereocenters. The molecule has 0 atom stereocenters. The van der Waals surface area contributed by atoms with E-state index in [9.17, 15) is 10.1 Å². The van der Waals surface area contributed by atoms with Crippen LogP contribution in [0.2, 0.25) is 0 Å². The first-order chi connectivity index (χ1) is 9.02. The molecule has 0 saturated heterocycles. The minimum absolute atomic E-state index is 0.00201. The quantitative estimate of drug-likeness (QED) is 0.457. The maximum atomic E-state index is 11.1. The molecule has 100 valence electrons. The van der Waals surface area contributed by atoms with E-state index in [0.717, 1.165) is 23.0 Å². The fourth-order valence-corrected chi connectivity index (χ4v) is 2.85. The number of benzene rings is 1. The average molecular weight is 390 g/mol. The number of hydrogen-bond acceptors (Lipinski definition) is 4. The molecule has 0 aliphatic carbocycles. The van der Waals surface area contributed by atoms with Crippen molar-refractivity contribution >= 4 is 37.5 Å². The van der Waals surface area contributed by atoms with Gasteiger partial charge in [0.05, 0.1) is 21.3 Å². The molecular weight excluding hydrogens is 380 g/mol. The van der Waals surface area contributed by atoms with Gasteiger partial charge in [-0.2, -0.15) is 0 Å². The van der Waals surface area contributed by atoms with Gasteiger partial charge in [-0.15, -0.1) is 5.10 Å². The highest BCUT2D eigenvalue weighted by atomic mass is 79.9. The molecule has 0 radical (unpaired) electrons. The number of nitro benzene ring substituents is 1. The third kappa shape index (κ3) is 3.01. The smallest absolute Gasteiger partial charge is 0.258 e. The molecule has 19 heavy (non-hydrogen) atoms. The SMILES string of the molecule is Cc1cc(Br)c(-n2cc(CCBr)nn2)c([N+](=O)[O-])c1. The highest BCUT2D eigenvalue weighted by molar-refractivity contribution is 9.10. The predicted octanol–water partition coefficient (Wildman–Crippen LogP) is 3.18. The van der Waals surface area contributed by atoms with Crippen molar-refractivity contribution in [3.8, 4) is 5.69 Å². The third-order valence-corrected chi connectivity index (χ3v) is 3.51. The lowest BCUT2D eigenvalue weighted by Crippen LogP contribution is -2.02. The number of nitrogens with zero attached hydrogens (tertiary/aromatic N) is 4. The van der Waals surface area contributed by atoms with Crippen LogP contribution in [0, 0.1) is 17.0 Å². The lowest BCUT2D eigenvalue weighted by Gasteiger charge is -2.06. The van der Waals surface area contributed by atoms with Crippen molar-refractivity contribution in [3.63, 3.8) is 0 Å². The fraction of sp³-hybridized carbons (Fsp3) is 0.273. The predicted molar refractivity (Wildman–Crippen MR) is 77.9 cm³/mol. The van der Waals surface area contributed by atoms with Crippen LogP contribution in [0.4, 0.5) is 5.69 Å². The first-order valence-corrected chi connectivity index (χ1v) is 7.36. The summed E-state index contributed by atoms with van der Waals surface area (Å²) in [6, 6.07) is 3.33. The summed E-state index contributed by atoms with van der Waals surface area (Å²) in [5, 5.41) is 19.9. The first kappa shape index (κ1) is 14.1. The highest BCUT2D eigenvalue weighted by Gasteiger charge is 2.20. The van der Waals surface area contributed by atoms with Crippen LogP contribution in [0.15, 0.2) is 22.8 Å². The third-order valence-electron chi connectivity index (χ3n) is 2.50. The molecule has 0 bridgehead atoms. The molecule has 6 nitrogen and oxygen atoms in total. The van der Waals surface area contributed by atoms with Crippen molar-refractivity contribution in [3.05, 3.63) is 44.2 Å². The van der Waals surface area contributed by atoms with E-state index in [0.29, 0.717) is 10.2 Å². The second-order valence-electron chi connectivity index (χ2n) is 3.97. The molecule has 0 N–H and O–H groups in total. The second kappa shape index (κ2) is 5.79.